The number of carbonyl (C=O) groups is 1. The van der Waals surface area contributed by atoms with Gasteiger partial charge in [0.05, 0.1) is 19.4 Å². The van der Waals surface area contributed by atoms with Crippen LogP contribution in [-0.4, -0.2) is 19.7 Å². The van der Waals surface area contributed by atoms with Crippen LogP contribution >= 0.6 is 0 Å². The lowest BCUT2D eigenvalue weighted by molar-refractivity contribution is -0.140. The highest BCUT2D eigenvalue weighted by molar-refractivity contribution is 5.71. The first-order valence-corrected chi connectivity index (χ1v) is 10.5. The van der Waals surface area contributed by atoms with Crippen LogP contribution in [-0.2, 0) is 9.53 Å². The van der Waals surface area contributed by atoms with E-state index in [9.17, 15) is 4.79 Å². The summed E-state index contributed by atoms with van der Waals surface area (Å²) < 4.78 is 10.9. The maximum Gasteiger partial charge on any atom is 0.307 e. The monoisotopic (exact) mass is 380 g/mol. The summed E-state index contributed by atoms with van der Waals surface area (Å²) in [6.07, 6.45) is 13.4. The first-order chi connectivity index (χ1) is 13.6. The molecule has 1 fully saturated rings. The van der Waals surface area contributed by atoms with Crippen molar-refractivity contribution >= 4 is 5.97 Å². The zero-order valence-electron chi connectivity index (χ0n) is 17.3. The predicted molar refractivity (Wildman–Crippen MR) is 112 cm³/mol. The van der Waals surface area contributed by atoms with Crippen LogP contribution in [0.1, 0.15) is 76.2 Å². The van der Waals surface area contributed by atoms with Crippen molar-refractivity contribution in [2.45, 2.75) is 70.6 Å². The molecule has 1 aromatic carbocycles. The van der Waals surface area contributed by atoms with Crippen LogP contribution in [0.15, 0.2) is 35.9 Å². The quantitative estimate of drug-likeness (QED) is 0.356. The Morgan fingerprint density at radius 2 is 1.89 bits per heavy atom. The van der Waals surface area contributed by atoms with Gasteiger partial charge in [0.15, 0.2) is 0 Å². The molecule has 0 unspecified atom stereocenters. The molecule has 0 radical (unpaired) electrons. The largest absolute Gasteiger partial charge is 0.489 e. The number of benzene rings is 1. The van der Waals surface area contributed by atoms with Gasteiger partial charge in [-0.05, 0) is 67.7 Å². The number of rotatable bonds is 6. The Balaban J connectivity index is 1.57. The van der Waals surface area contributed by atoms with Crippen LogP contribution in [0.5, 0.6) is 5.75 Å². The van der Waals surface area contributed by atoms with Crippen molar-refractivity contribution in [3.63, 3.8) is 0 Å². The Labute approximate surface area is 169 Å². The van der Waals surface area contributed by atoms with Crippen LogP contribution in [0.3, 0.4) is 0 Å². The van der Waals surface area contributed by atoms with Crippen LogP contribution in [0, 0.1) is 17.3 Å². The van der Waals surface area contributed by atoms with Gasteiger partial charge in [-0.3, -0.25) is 4.79 Å². The maximum absolute atomic E-state index is 11.6. The van der Waals surface area contributed by atoms with E-state index in [1.54, 1.807) is 6.92 Å². The second-order valence-electron chi connectivity index (χ2n) is 8.22. The Kier molecular flexibility index (Phi) is 7.20. The van der Waals surface area contributed by atoms with Crippen molar-refractivity contribution in [1.82, 2.24) is 0 Å². The fraction of sp³-hybridized carbons (Fsp3) is 0.560. The molecule has 3 heteroatoms. The fourth-order valence-electron chi connectivity index (χ4n) is 4.71. The lowest BCUT2D eigenvalue weighted by Gasteiger charge is -2.40. The van der Waals surface area contributed by atoms with Gasteiger partial charge in [0.2, 0.25) is 0 Å². The van der Waals surface area contributed by atoms with Gasteiger partial charge in [-0.1, -0.05) is 43.4 Å². The minimum atomic E-state index is -0.242. The Hall–Kier alpha value is -2.21. The normalized spacial score (nSPS) is 19.1. The third-order valence-corrected chi connectivity index (χ3v) is 6.25. The van der Waals surface area contributed by atoms with E-state index in [2.05, 4.69) is 17.9 Å². The number of allylic oxidation sites excluding steroid dienone is 1. The molecule has 1 saturated carbocycles. The van der Waals surface area contributed by atoms with Gasteiger partial charge in [0.25, 0.3) is 0 Å². The number of ether oxygens (including phenoxy) is 2. The lowest BCUT2D eigenvalue weighted by Crippen LogP contribution is -2.28. The molecule has 0 N–H and O–H groups in total. The molecule has 0 aromatic heterocycles. The van der Waals surface area contributed by atoms with Crippen LogP contribution in [0.25, 0.3) is 0 Å². The van der Waals surface area contributed by atoms with Crippen molar-refractivity contribution in [1.29, 1.82) is 0 Å². The number of esters is 1. The number of hydrogen-bond acceptors (Lipinski definition) is 3. The number of carbonyl (C=O) groups excluding carboxylic acids is 1. The van der Waals surface area contributed by atoms with Gasteiger partial charge < -0.3 is 9.47 Å². The van der Waals surface area contributed by atoms with E-state index in [0.29, 0.717) is 12.0 Å². The van der Waals surface area contributed by atoms with E-state index in [0.717, 1.165) is 11.3 Å². The molecule has 3 nitrogen and oxygen atoms in total. The average molecular weight is 381 g/mol. The second kappa shape index (κ2) is 9.82. The highest BCUT2D eigenvalue weighted by atomic mass is 16.5. The summed E-state index contributed by atoms with van der Waals surface area (Å²) in [4.78, 5) is 11.6. The van der Waals surface area contributed by atoms with Crippen molar-refractivity contribution in [2.24, 2.45) is 5.41 Å². The van der Waals surface area contributed by atoms with Crippen molar-refractivity contribution in [3.05, 3.63) is 41.5 Å². The summed E-state index contributed by atoms with van der Waals surface area (Å²) in [7, 11) is 1.41. The molecule has 0 heterocycles. The minimum Gasteiger partial charge on any atom is -0.489 e. The summed E-state index contributed by atoms with van der Waals surface area (Å²) in [5.41, 5.74) is 3.03. The highest BCUT2D eigenvalue weighted by Gasteiger charge is 2.34. The topological polar surface area (TPSA) is 35.5 Å². The Bertz CT molecular complexity index is 742. The molecule has 28 heavy (non-hydrogen) atoms. The van der Waals surface area contributed by atoms with Gasteiger partial charge in [-0.25, -0.2) is 0 Å². The molecule has 1 spiro atoms. The molecule has 2 aliphatic rings. The summed E-state index contributed by atoms with van der Waals surface area (Å²) in [6, 6.07) is 7.98. The second-order valence-corrected chi connectivity index (χ2v) is 8.22. The molecule has 3 rings (SSSR count). The molecule has 0 aliphatic heterocycles. The molecule has 0 saturated heterocycles. The standard InChI is InChI=1S/C25H32O3/c1-3-8-22(17-24(26)27-2)21-10-12-23(13-11-21)28-19-20-9-7-16-25(18-20)14-5-4-6-15-25/h9-13,22H,4-7,14-19H2,1-2H3/t22-/m0/s1. The minimum absolute atomic E-state index is 0.140. The summed E-state index contributed by atoms with van der Waals surface area (Å²) >= 11 is 0. The van der Waals surface area contributed by atoms with Crippen LogP contribution in [0.2, 0.25) is 0 Å². The first-order valence-electron chi connectivity index (χ1n) is 10.5. The van der Waals surface area contributed by atoms with Gasteiger partial charge in [0.1, 0.15) is 12.4 Å². The van der Waals surface area contributed by atoms with Gasteiger partial charge in [-0.15, -0.1) is 5.92 Å². The summed E-state index contributed by atoms with van der Waals surface area (Å²) in [5.74, 6) is 6.50. The van der Waals surface area contributed by atoms with E-state index in [1.807, 2.05) is 24.3 Å². The van der Waals surface area contributed by atoms with Crippen molar-refractivity contribution in [3.8, 4) is 17.6 Å². The van der Waals surface area contributed by atoms with E-state index in [1.165, 1.54) is 64.0 Å². The molecule has 150 valence electrons. The molecule has 0 amide bonds. The average Bonchev–Trinajstić information content (AvgIpc) is 2.73. The summed E-state index contributed by atoms with van der Waals surface area (Å²) in [5, 5.41) is 0. The fourth-order valence-corrected chi connectivity index (χ4v) is 4.71. The first kappa shape index (κ1) is 20.5. The van der Waals surface area contributed by atoms with Crippen molar-refractivity contribution < 1.29 is 14.3 Å². The maximum atomic E-state index is 11.6. The van der Waals surface area contributed by atoms with Crippen LogP contribution < -0.4 is 4.74 Å². The zero-order valence-corrected chi connectivity index (χ0v) is 17.3. The molecular weight excluding hydrogens is 348 g/mol. The van der Waals surface area contributed by atoms with Gasteiger partial charge in [-0.2, -0.15) is 0 Å². The van der Waals surface area contributed by atoms with Gasteiger partial charge in [0, 0.05) is 0 Å². The molecule has 0 bridgehead atoms. The van der Waals surface area contributed by atoms with E-state index >= 15 is 0 Å². The third kappa shape index (κ3) is 5.41. The Morgan fingerprint density at radius 1 is 1.14 bits per heavy atom. The van der Waals surface area contributed by atoms with E-state index in [-0.39, 0.29) is 18.3 Å². The van der Waals surface area contributed by atoms with Gasteiger partial charge >= 0.3 is 5.97 Å². The molecular formula is C25H32O3. The number of hydrogen-bond donors (Lipinski definition) is 0. The third-order valence-electron chi connectivity index (χ3n) is 6.25. The zero-order chi connectivity index (χ0) is 19.8. The predicted octanol–water partition coefficient (Wildman–Crippen LogP) is 5.80. The van der Waals surface area contributed by atoms with E-state index in [4.69, 9.17) is 9.47 Å². The highest BCUT2D eigenvalue weighted by Crippen LogP contribution is 2.47. The lowest BCUT2D eigenvalue weighted by atomic mass is 9.65. The van der Waals surface area contributed by atoms with Crippen LogP contribution in [0.4, 0.5) is 0 Å². The SMILES string of the molecule is CC#C[C@@H](CC(=O)OC)c1ccc(OCC2=CCCC3(CCCCC3)C2)cc1. The number of methoxy groups -OCH3 is 1. The summed E-state index contributed by atoms with van der Waals surface area (Å²) in [6.45, 7) is 2.47. The van der Waals surface area contributed by atoms with E-state index < -0.39 is 0 Å². The Morgan fingerprint density at radius 3 is 2.57 bits per heavy atom. The molecule has 1 aromatic rings. The van der Waals surface area contributed by atoms with Crippen molar-refractivity contribution in [2.75, 3.05) is 13.7 Å². The smallest absolute Gasteiger partial charge is 0.307 e. The molecule has 1 atom stereocenters. The molecule has 2 aliphatic carbocycles.